The van der Waals surface area contributed by atoms with Gasteiger partial charge in [0.25, 0.3) is 0 Å². The van der Waals surface area contributed by atoms with Crippen LogP contribution in [0.4, 0.5) is 4.39 Å². The molecule has 0 bridgehead atoms. The number of hydrogen-bond donors (Lipinski definition) is 0. The van der Waals surface area contributed by atoms with E-state index in [2.05, 4.69) is 4.98 Å². The van der Waals surface area contributed by atoms with Crippen molar-refractivity contribution < 1.29 is 4.39 Å². The second-order valence-corrected chi connectivity index (χ2v) is 5.24. The van der Waals surface area contributed by atoms with E-state index in [-0.39, 0.29) is 5.82 Å². The van der Waals surface area contributed by atoms with Crippen molar-refractivity contribution in [3.63, 3.8) is 0 Å². The molecule has 1 nitrogen and oxygen atoms in total. The molecule has 1 aromatic heterocycles. The molecule has 0 unspecified atom stereocenters. The largest absolute Gasteiger partial charge is 0.241 e. The van der Waals surface area contributed by atoms with E-state index in [4.69, 9.17) is 0 Å². The summed E-state index contributed by atoms with van der Waals surface area (Å²) in [5, 5.41) is 3.05. The van der Waals surface area contributed by atoms with Crippen LogP contribution in [0.15, 0.2) is 60.0 Å². The number of benzene rings is 2. The standard InChI is InChI=1S/C16H12FNS/c17-14-8-4-5-12(9-14)10-16-18-15(11-19-16)13-6-2-1-3-7-13/h1-9,11H,10H2. The maximum absolute atomic E-state index is 13.1. The Bertz CT molecular complexity index is 676. The van der Waals surface area contributed by atoms with E-state index in [1.54, 1.807) is 23.5 Å². The van der Waals surface area contributed by atoms with Crippen molar-refractivity contribution >= 4 is 11.3 Å². The Balaban J connectivity index is 1.82. The molecule has 0 radical (unpaired) electrons. The fraction of sp³-hybridized carbons (Fsp3) is 0.0625. The monoisotopic (exact) mass is 269 g/mol. The third-order valence-electron chi connectivity index (χ3n) is 2.87. The Hall–Kier alpha value is -2.00. The molecule has 0 amide bonds. The van der Waals surface area contributed by atoms with Gasteiger partial charge in [-0.3, -0.25) is 0 Å². The van der Waals surface area contributed by atoms with Gasteiger partial charge in [0.2, 0.25) is 0 Å². The van der Waals surface area contributed by atoms with Gasteiger partial charge in [0.15, 0.2) is 0 Å². The van der Waals surface area contributed by atoms with Crippen LogP contribution in [0.5, 0.6) is 0 Å². The van der Waals surface area contributed by atoms with Crippen molar-refractivity contribution in [2.75, 3.05) is 0 Å². The minimum absolute atomic E-state index is 0.197. The zero-order valence-corrected chi connectivity index (χ0v) is 11.0. The van der Waals surface area contributed by atoms with Crippen LogP contribution in [0.3, 0.4) is 0 Å². The van der Waals surface area contributed by atoms with Gasteiger partial charge >= 0.3 is 0 Å². The lowest BCUT2D eigenvalue weighted by atomic mass is 10.1. The molecule has 0 N–H and O–H groups in total. The predicted octanol–water partition coefficient (Wildman–Crippen LogP) is 4.54. The van der Waals surface area contributed by atoms with Gasteiger partial charge in [-0.25, -0.2) is 9.37 Å². The van der Waals surface area contributed by atoms with Gasteiger partial charge in [-0.1, -0.05) is 42.5 Å². The first-order chi connectivity index (χ1) is 9.31. The third-order valence-corrected chi connectivity index (χ3v) is 3.71. The highest BCUT2D eigenvalue weighted by Crippen LogP contribution is 2.23. The first-order valence-corrected chi connectivity index (χ1v) is 6.93. The van der Waals surface area contributed by atoms with Crippen molar-refractivity contribution in [3.8, 4) is 11.3 Å². The van der Waals surface area contributed by atoms with Gasteiger partial charge in [0, 0.05) is 17.4 Å². The zero-order valence-electron chi connectivity index (χ0n) is 10.2. The molecule has 0 fully saturated rings. The molecular weight excluding hydrogens is 257 g/mol. The van der Waals surface area contributed by atoms with Crippen molar-refractivity contribution in [1.82, 2.24) is 4.98 Å². The average Bonchev–Trinajstić information content (AvgIpc) is 2.88. The first kappa shape index (κ1) is 12.1. The summed E-state index contributed by atoms with van der Waals surface area (Å²) in [5.74, 6) is -0.197. The second-order valence-electron chi connectivity index (χ2n) is 4.30. The highest BCUT2D eigenvalue weighted by Gasteiger charge is 2.05. The van der Waals surface area contributed by atoms with Crippen molar-refractivity contribution in [2.24, 2.45) is 0 Å². The normalized spacial score (nSPS) is 10.6. The topological polar surface area (TPSA) is 12.9 Å². The molecule has 0 spiro atoms. The fourth-order valence-electron chi connectivity index (χ4n) is 1.96. The molecule has 0 aliphatic carbocycles. The lowest BCUT2D eigenvalue weighted by Gasteiger charge is -1.98. The number of halogens is 1. The number of hydrogen-bond acceptors (Lipinski definition) is 2. The molecule has 0 atom stereocenters. The predicted molar refractivity (Wildman–Crippen MR) is 76.8 cm³/mol. The average molecular weight is 269 g/mol. The molecule has 19 heavy (non-hydrogen) atoms. The highest BCUT2D eigenvalue weighted by atomic mass is 32.1. The minimum Gasteiger partial charge on any atom is -0.241 e. The molecule has 1 heterocycles. The van der Waals surface area contributed by atoms with E-state index >= 15 is 0 Å². The number of nitrogens with zero attached hydrogens (tertiary/aromatic N) is 1. The highest BCUT2D eigenvalue weighted by molar-refractivity contribution is 7.10. The van der Waals surface area contributed by atoms with Crippen LogP contribution >= 0.6 is 11.3 Å². The molecule has 0 aliphatic rings. The van der Waals surface area contributed by atoms with Crippen LogP contribution in [0.1, 0.15) is 10.6 Å². The zero-order chi connectivity index (χ0) is 13.1. The molecule has 0 saturated heterocycles. The van der Waals surface area contributed by atoms with E-state index in [0.29, 0.717) is 6.42 Å². The number of aromatic nitrogens is 1. The van der Waals surface area contributed by atoms with E-state index in [0.717, 1.165) is 21.8 Å². The fourth-order valence-corrected chi connectivity index (χ4v) is 2.79. The molecule has 0 aliphatic heterocycles. The van der Waals surface area contributed by atoms with Gasteiger partial charge < -0.3 is 0 Å². The number of rotatable bonds is 3. The summed E-state index contributed by atoms with van der Waals surface area (Å²) in [6, 6.07) is 16.8. The Kier molecular flexibility index (Phi) is 3.38. The maximum Gasteiger partial charge on any atom is 0.123 e. The van der Waals surface area contributed by atoms with Gasteiger partial charge in [-0.05, 0) is 17.7 Å². The van der Waals surface area contributed by atoms with Gasteiger partial charge in [-0.15, -0.1) is 11.3 Å². The Labute approximate surface area is 115 Å². The molecule has 94 valence electrons. The molecular formula is C16H12FNS. The van der Waals surface area contributed by atoms with Gasteiger partial charge in [0.1, 0.15) is 5.82 Å². The summed E-state index contributed by atoms with van der Waals surface area (Å²) in [6.07, 6.45) is 0.676. The Morgan fingerprint density at radius 3 is 2.63 bits per heavy atom. The summed E-state index contributed by atoms with van der Waals surface area (Å²) in [6.45, 7) is 0. The Morgan fingerprint density at radius 2 is 1.84 bits per heavy atom. The smallest absolute Gasteiger partial charge is 0.123 e. The SMILES string of the molecule is Fc1cccc(Cc2nc(-c3ccccc3)cs2)c1. The maximum atomic E-state index is 13.1. The van der Waals surface area contributed by atoms with Crippen LogP contribution in [0.2, 0.25) is 0 Å². The van der Waals surface area contributed by atoms with Crippen molar-refractivity contribution in [3.05, 3.63) is 76.4 Å². The molecule has 0 saturated carbocycles. The van der Waals surface area contributed by atoms with E-state index in [1.807, 2.05) is 41.8 Å². The van der Waals surface area contributed by atoms with Crippen LogP contribution < -0.4 is 0 Å². The first-order valence-electron chi connectivity index (χ1n) is 6.05. The van der Waals surface area contributed by atoms with E-state index in [9.17, 15) is 4.39 Å². The van der Waals surface area contributed by atoms with E-state index < -0.39 is 0 Å². The summed E-state index contributed by atoms with van der Waals surface area (Å²) < 4.78 is 13.1. The summed E-state index contributed by atoms with van der Waals surface area (Å²) in [4.78, 5) is 4.60. The van der Waals surface area contributed by atoms with Crippen molar-refractivity contribution in [2.45, 2.75) is 6.42 Å². The van der Waals surface area contributed by atoms with Crippen molar-refractivity contribution in [1.29, 1.82) is 0 Å². The quantitative estimate of drug-likeness (QED) is 0.680. The molecule has 2 aromatic carbocycles. The molecule has 3 heteroatoms. The third kappa shape index (κ3) is 2.88. The van der Waals surface area contributed by atoms with Crippen LogP contribution in [0.25, 0.3) is 11.3 Å². The van der Waals surface area contributed by atoms with Crippen LogP contribution in [-0.4, -0.2) is 4.98 Å². The minimum atomic E-state index is -0.197. The lowest BCUT2D eigenvalue weighted by Crippen LogP contribution is -1.88. The summed E-state index contributed by atoms with van der Waals surface area (Å²) in [7, 11) is 0. The van der Waals surface area contributed by atoms with E-state index in [1.165, 1.54) is 6.07 Å². The van der Waals surface area contributed by atoms with Crippen LogP contribution in [-0.2, 0) is 6.42 Å². The molecule has 3 rings (SSSR count). The second kappa shape index (κ2) is 5.33. The lowest BCUT2D eigenvalue weighted by molar-refractivity contribution is 0.626. The molecule has 3 aromatic rings. The number of thiazole rings is 1. The van der Waals surface area contributed by atoms with Gasteiger partial charge in [0.05, 0.1) is 10.7 Å². The summed E-state index contributed by atoms with van der Waals surface area (Å²) in [5.41, 5.74) is 3.05. The van der Waals surface area contributed by atoms with Gasteiger partial charge in [-0.2, -0.15) is 0 Å². The van der Waals surface area contributed by atoms with Crippen LogP contribution in [0, 0.1) is 5.82 Å². The Morgan fingerprint density at radius 1 is 1.00 bits per heavy atom. The summed E-state index contributed by atoms with van der Waals surface area (Å²) >= 11 is 1.61.